The molecule has 4 rings (SSSR count). The number of amides is 1. The summed E-state index contributed by atoms with van der Waals surface area (Å²) in [5, 5.41) is 0. The van der Waals surface area contributed by atoms with E-state index in [0.717, 1.165) is 30.0 Å². The second-order valence-corrected chi connectivity index (χ2v) is 8.44. The maximum Gasteiger partial charge on any atom is 0.311 e. The summed E-state index contributed by atoms with van der Waals surface area (Å²) < 4.78 is 10.9. The summed E-state index contributed by atoms with van der Waals surface area (Å²) in [6, 6.07) is 11.7. The van der Waals surface area contributed by atoms with E-state index in [4.69, 9.17) is 9.15 Å². The van der Waals surface area contributed by atoms with Crippen LogP contribution in [0.1, 0.15) is 28.6 Å². The van der Waals surface area contributed by atoms with Crippen molar-refractivity contribution in [2.45, 2.75) is 26.4 Å². The molecular formula is C24H31N3O4. The molecule has 2 aliphatic rings. The van der Waals surface area contributed by atoms with Gasteiger partial charge in [0.15, 0.2) is 0 Å². The normalized spacial score (nSPS) is 22.6. The van der Waals surface area contributed by atoms with Gasteiger partial charge in [0.1, 0.15) is 5.76 Å². The average molecular weight is 426 g/mol. The van der Waals surface area contributed by atoms with Gasteiger partial charge in [-0.2, -0.15) is 0 Å². The number of ether oxygens (including phenoxy) is 1. The number of rotatable bonds is 5. The molecular weight excluding hydrogens is 394 g/mol. The zero-order valence-electron chi connectivity index (χ0n) is 18.3. The molecule has 7 heteroatoms. The van der Waals surface area contributed by atoms with Gasteiger partial charge in [0, 0.05) is 50.9 Å². The van der Waals surface area contributed by atoms with Crippen LogP contribution < -0.4 is 0 Å². The highest BCUT2D eigenvalue weighted by molar-refractivity contribution is 5.95. The molecule has 31 heavy (non-hydrogen) atoms. The van der Waals surface area contributed by atoms with Crippen molar-refractivity contribution in [1.82, 2.24) is 14.7 Å². The summed E-state index contributed by atoms with van der Waals surface area (Å²) in [6.45, 7) is 8.96. The first-order valence-electron chi connectivity index (χ1n) is 11.1. The number of carbonyl (C=O) groups excluding carboxylic acids is 2. The van der Waals surface area contributed by atoms with Crippen LogP contribution in [0.25, 0.3) is 0 Å². The summed E-state index contributed by atoms with van der Waals surface area (Å²) in [5.41, 5.74) is 1.76. The third kappa shape index (κ3) is 4.99. The van der Waals surface area contributed by atoms with Gasteiger partial charge in [0.2, 0.25) is 0 Å². The van der Waals surface area contributed by atoms with E-state index >= 15 is 0 Å². The van der Waals surface area contributed by atoms with E-state index in [1.807, 2.05) is 55.1 Å². The highest BCUT2D eigenvalue weighted by atomic mass is 16.5. The van der Waals surface area contributed by atoms with Crippen LogP contribution in [0.15, 0.2) is 47.1 Å². The Hall–Kier alpha value is -2.64. The van der Waals surface area contributed by atoms with E-state index in [9.17, 15) is 9.59 Å². The van der Waals surface area contributed by atoms with Gasteiger partial charge in [-0.25, -0.2) is 0 Å². The Labute approximate surface area is 183 Å². The first-order valence-corrected chi connectivity index (χ1v) is 11.1. The van der Waals surface area contributed by atoms with E-state index in [-0.39, 0.29) is 23.8 Å². The van der Waals surface area contributed by atoms with Crippen LogP contribution in [0, 0.1) is 12.8 Å². The van der Waals surface area contributed by atoms with Crippen molar-refractivity contribution in [2.75, 3.05) is 45.9 Å². The minimum Gasteiger partial charge on any atom is -0.468 e. The lowest BCUT2D eigenvalue weighted by atomic mass is 10.1. The predicted octanol–water partition coefficient (Wildman–Crippen LogP) is 2.41. The number of furan rings is 1. The average Bonchev–Trinajstić information content (AvgIpc) is 3.20. The fourth-order valence-corrected chi connectivity index (χ4v) is 4.66. The quantitative estimate of drug-likeness (QED) is 0.686. The van der Waals surface area contributed by atoms with Crippen molar-refractivity contribution in [3.63, 3.8) is 0 Å². The number of benzene rings is 1. The number of hydrogen-bond donors (Lipinski definition) is 0. The van der Waals surface area contributed by atoms with Crippen molar-refractivity contribution >= 4 is 11.9 Å². The Kier molecular flexibility index (Phi) is 6.73. The fourth-order valence-electron chi connectivity index (χ4n) is 4.66. The summed E-state index contributed by atoms with van der Waals surface area (Å²) in [7, 11) is 0. The molecule has 1 aromatic carbocycles. The Morgan fingerprint density at radius 3 is 2.65 bits per heavy atom. The lowest BCUT2D eigenvalue weighted by Gasteiger charge is -2.41. The van der Waals surface area contributed by atoms with Gasteiger partial charge < -0.3 is 14.1 Å². The monoisotopic (exact) mass is 425 g/mol. The Bertz CT molecular complexity index is 898. The van der Waals surface area contributed by atoms with E-state index in [1.165, 1.54) is 0 Å². The second-order valence-electron chi connectivity index (χ2n) is 8.44. The van der Waals surface area contributed by atoms with Gasteiger partial charge in [-0.1, -0.05) is 18.2 Å². The summed E-state index contributed by atoms with van der Waals surface area (Å²) in [5.74, 6) is 0.603. The number of aryl methyl sites for hydroxylation is 1. The van der Waals surface area contributed by atoms with Crippen molar-refractivity contribution in [3.05, 3.63) is 59.5 Å². The first kappa shape index (κ1) is 21.6. The van der Waals surface area contributed by atoms with Crippen LogP contribution in [-0.2, 0) is 16.1 Å². The fraction of sp³-hybridized carbons (Fsp3) is 0.500. The van der Waals surface area contributed by atoms with Crippen molar-refractivity contribution in [3.8, 4) is 0 Å². The molecule has 7 nitrogen and oxygen atoms in total. The van der Waals surface area contributed by atoms with Gasteiger partial charge in [-0.05, 0) is 37.6 Å². The van der Waals surface area contributed by atoms with E-state index in [1.54, 1.807) is 6.26 Å². The molecule has 0 aliphatic carbocycles. The zero-order chi connectivity index (χ0) is 21.8. The van der Waals surface area contributed by atoms with Gasteiger partial charge in [-0.3, -0.25) is 19.4 Å². The topological polar surface area (TPSA) is 66.2 Å². The van der Waals surface area contributed by atoms with Crippen molar-refractivity contribution in [2.24, 2.45) is 5.92 Å². The molecule has 0 saturated carbocycles. The number of carbonyl (C=O) groups is 2. The van der Waals surface area contributed by atoms with Crippen LogP contribution in [0.3, 0.4) is 0 Å². The highest BCUT2D eigenvalue weighted by Crippen LogP contribution is 2.23. The lowest BCUT2D eigenvalue weighted by molar-refractivity contribution is -0.149. The van der Waals surface area contributed by atoms with E-state index < -0.39 is 0 Å². The van der Waals surface area contributed by atoms with E-state index in [2.05, 4.69) is 9.80 Å². The molecule has 2 atom stereocenters. The minimum absolute atomic E-state index is 0.0847. The van der Waals surface area contributed by atoms with Crippen molar-refractivity contribution < 1.29 is 18.7 Å². The van der Waals surface area contributed by atoms with E-state index in [0.29, 0.717) is 39.3 Å². The lowest BCUT2D eigenvalue weighted by Crippen LogP contribution is -2.57. The molecule has 0 unspecified atom stereocenters. The number of fused-ring (bicyclic) bond motifs is 1. The molecule has 0 N–H and O–H groups in total. The smallest absolute Gasteiger partial charge is 0.311 e. The first-order chi connectivity index (χ1) is 15.0. The van der Waals surface area contributed by atoms with Crippen LogP contribution in [0.5, 0.6) is 0 Å². The van der Waals surface area contributed by atoms with Crippen LogP contribution in [-0.4, -0.2) is 78.5 Å². The van der Waals surface area contributed by atoms with Gasteiger partial charge >= 0.3 is 5.97 Å². The SMILES string of the molecule is CCOC(=O)[C@H]1CN(Cc2ccco2)C[C@@H]2CN(C(=O)c3ccccc3C)CCN2C1. The zero-order valence-corrected chi connectivity index (χ0v) is 18.3. The summed E-state index contributed by atoms with van der Waals surface area (Å²) >= 11 is 0. The number of nitrogens with zero attached hydrogens (tertiary/aromatic N) is 3. The molecule has 2 aliphatic heterocycles. The second kappa shape index (κ2) is 9.66. The molecule has 2 aromatic rings. The Morgan fingerprint density at radius 2 is 1.90 bits per heavy atom. The number of hydrogen-bond acceptors (Lipinski definition) is 6. The van der Waals surface area contributed by atoms with Gasteiger partial charge in [0.25, 0.3) is 5.91 Å². The maximum atomic E-state index is 13.2. The molecule has 2 fully saturated rings. The highest BCUT2D eigenvalue weighted by Gasteiger charge is 2.38. The summed E-state index contributed by atoms with van der Waals surface area (Å²) in [4.78, 5) is 32.4. The largest absolute Gasteiger partial charge is 0.468 e. The molecule has 0 bridgehead atoms. The Balaban J connectivity index is 1.51. The van der Waals surface area contributed by atoms with Crippen LogP contribution in [0.2, 0.25) is 0 Å². The minimum atomic E-state index is -0.210. The third-order valence-corrected chi connectivity index (χ3v) is 6.25. The maximum absolute atomic E-state index is 13.2. The van der Waals surface area contributed by atoms with Gasteiger partial charge in [-0.15, -0.1) is 0 Å². The van der Waals surface area contributed by atoms with Crippen LogP contribution >= 0.6 is 0 Å². The van der Waals surface area contributed by atoms with Crippen LogP contribution in [0.4, 0.5) is 0 Å². The molecule has 3 heterocycles. The Morgan fingerprint density at radius 1 is 1.06 bits per heavy atom. The molecule has 166 valence electrons. The summed E-state index contributed by atoms with van der Waals surface area (Å²) in [6.07, 6.45) is 1.67. The van der Waals surface area contributed by atoms with Gasteiger partial charge in [0.05, 0.1) is 25.3 Å². The van der Waals surface area contributed by atoms with Crippen molar-refractivity contribution in [1.29, 1.82) is 0 Å². The molecule has 2 saturated heterocycles. The molecule has 0 spiro atoms. The molecule has 1 amide bonds. The number of esters is 1. The molecule has 0 radical (unpaired) electrons. The standard InChI is InChI=1S/C24H31N3O4/c1-3-30-24(29)19-13-25(17-21-8-6-12-31-21)15-20-16-27(11-10-26(20)14-19)23(28)22-9-5-4-7-18(22)2/h4-9,12,19-20H,3,10-11,13-17H2,1-2H3/t19-,20+/m0/s1. The third-order valence-electron chi connectivity index (χ3n) is 6.25. The molecule has 1 aromatic heterocycles. The predicted molar refractivity (Wildman–Crippen MR) is 117 cm³/mol. The number of piperazine rings is 1.